The number of halogens is 2. The lowest BCUT2D eigenvalue weighted by molar-refractivity contribution is 0.102. The number of hydrogen-bond acceptors (Lipinski definition) is 6. The zero-order valence-electron chi connectivity index (χ0n) is 19.0. The third kappa shape index (κ3) is 4.82. The fraction of sp³-hybridized carbons (Fsp3) is 0.304. The Hall–Kier alpha value is -4.02. The van der Waals surface area contributed by atoms with Gasteiger partial charge in [-0.05, 0) is 44.5 Å². The van der Waals surface area contributed by atoms with E-state index >= 15 is 0 Å². The van der Waals surface area contributed by atoms with Crippen molar-refractivity contribution in [2.45, 2.75) is 33.7 Å². The molecule has 3 aromatic heterocycles. The minimum Gasteiger partial charge on any atom is -0.490 e. The van der Waals surface area contributed by atoms with Gasteiger partial charge in [-0.15, -0.1) is 0 Å². The first-order valence-electron chi connectivity index (χ1n) is 10.7. The average molecular weight is 470 g/mol. The van der Waals surface area contributed by atoms with Gasteiger partial charge in [0.15, 0.2) is 17.1 Å². The van der Waals surface area contributed by atoms with Crippen molar-refractivity contribution in [1.82, 2.24) is 24.4 Å². The monoisotopic (exact) mass is 470 g/mol. The van der Waals surface area contributed by atoms with Crippen LogP contribution in [0.1, 0.15) is 47.6 Å². The number of anilines is 1. The Kier molecular flexibility index (Phi) is 6.71. The molecule has 1 N–H and O–H groups in total. The van der Waals surface area contributed by atoms with Gasteiger partial charge in [0.2, 0.25) is 0 Å². The van der Waals surface area contributed by atoms with E-state index in [1.54, 1.807) is 17.8 Å². The molecule has 34 heavy (non-hydrogen) atoms. The van der Waals surface area contributed by atoms with Crippen LogP contribution in [0.4, 0.5) is 14.5 Å². The second-order valence-corrected chi connectivity index (χ2v) is 7.44. The Morgan fingerprint density at radius 2 is 1.85 bits per heavy atom. The molecule has 1 aromatic carbocycles. The van der Waals surface area contributed by atoms with E-state index < -0.39 is 12.3 Å². The van der Waals surface area contributed by atoms with Gasteiger partial charge in [-0.2, -0.15) is 10.2 Å². The highest BCUT2D eigenvalue weighted by Crippen LogP contribution is 2.29. The summed E-state index contributed by atoms with van der Waals surface area (Å²) < 4.78 is 40.6. The van der Waals surface area contributed by atoms with E-state index in [0.29, 0.717) is 42.6 Å². The van der Waals surface area contributed by atoms with Gasteiger partial charge in [0, 0.05) is 11.9 Å². The van der Waals surface area contributed by atoms with Crippen LogP contribution in [0.2, 0.25) is 0 Å². The molecular formula is C23H24F2N6O3. The number of ether oxygens (including phenoxy) is 2. The lowest BCUT2D eigenvalue weighted by Crippen LogP contribution is -2.12. The molecule has 0 bridgehead atoms. The Morgan fingerprint density at radius 1 is 1.09 bits per heavy atom. The smallest absolute Gasteiger partial charge is 0.280 e. The van der Waals surface area contributed by atoms with Crippen LogP contribution >= 0.6 is 0 Å². The molecule has 0 saturated carbocycles. The van der Waals surface area contributed by atoms with E-state index in [0.717, 1.165) is 10.1 Å². The number of nitrogens with zero attached hydrogens (tertiary/aromatic N) is 5. The summed E-state index contributed by atoms with van der Waals surface area (Å²) in [6.45, 7) is 6.89. The van der Waals surface area contributed by atoms with E-state index in [1.165, 1.54) is 18.5 Å². The predicted molar refractivity (Wildman–Crippen MR) is 121 cm³/mol. The maximum absolute atomic E-state index is 13.3. The van der Waals surface area contributed by atoms with E-state index in [2.05, 4.69) is 20.5 Å². The molecule has 178 valence electrons. The van der Waals surface area contributed by atoms with Gasteiger partial charge in [-0.3, -0.25) is 9.48 Å². The highest BCUT2D eigenvalue weighted by molar-refractivity contribution is 6.08. The molecule has 0 radical (unpaired) electrons. The molecule has 0 unspecified atom stereocenters. The maximum Gasteiger partial charge on any atom is 0.280 e. The highest BCUT2D eigenvalue weighted by Gasteiger charge is 2.20. The molecule has 0 spiro atoms. The molecule has 4 aromatic rings. The largest absolute Gasteiger partial charge is 0.490 e. The Balaban J connectivity index is 1.50. The van der Waals surface area contributed by atoms with Crippen molar-refractivity contribution in [1.29, 1.82) is 0 Å². The van der Waals surface area contributed by atoms with Gasteiger partial charge in [0.25, 0.3) is 12.3 Å². The first-order valence-corrected chi connectivity index (χ1v) is 10.7. The second-order valence-electron chi connectivity index (χ2n) is 7.44. The lowest BCUT2D eigenvalue weighted by Gasteiger charge is -2.12. The van der Waals surface area contributed by atoms with Crippen LogP contribution in [0, 0.1) is 6.92 Å². The van der Waals surface area contributed by atoms with Crippen LogP contribution in [0.15, 0.2) is 42.9 Å². The highest BCUT2D eigenvalue weighted by atomic mass is 19.3. The fourth-order valence-corrected chi connectivity index (χ4v) is 3.52. The molecule has 0 aliphatic heterocycles. The summed E-state index contributed by atoms with van der Waals surface area (Å²) in [6, 6.07) is 6.90. The SMILES string of the molecule is CCOc1ccc(Cn2cc(NC(=O)c3cnn4c(C(F)F)cc(C)nc34)cn2)cc1OCC. The van der Waals surface area contributed by atoms with E-state index in [-0.39, 0.29) is 16.9 Å². The molecule has 11 heteroatoms. The van der Waals surface area contributed by atoms with E-state index in [9.17, 15) is 13.6 Å². The van der Waals surface area contributed by atoms with Crippen LogP contribution in [0.25, 0.3) is 5.65 Å². The number of hydrogen-bond donors (Lipinski definition) is 1. The molecule has 0 aliphatic carbocycles. The summed E-state index contributed by atoms with van der Waals surface area (Å²) in [5.41, 5.74) is 1.59. The van der Waals surface area contributed by atoms with Crippen molar-refractivity contribution < 1.29 is 23.0 Å². The molecule has 0 saturated heterocycles. The van der Waals surface area contributed by atoms with Crippen molar-refractivity contribution >= 4 is 17.2 Å². The van der Waals surface area contributed by atoms with Crippen molar-refractivity contribution in [2.75, 3.05) is 18.5 Å². The summed E-state index contributed by atoms with van der Waals surface area (Å²) >= 11 is 0. The summed E-state index contributed by atoms with van der Waals surface area (Å²) in [7, 11) is 0. The molecule has 0 atom stereocenters. The van der Waals surface area contributed by atoms with Gasteiger partial charge in [-0.1, -0.05) is 6.07 Å². The van der Waals surface area contributed by atoms with Crippen molar-refractivity contribution in [3.8, 4) is 11.5 Å². The van der Waals surface area contributed by atoms with E-state index in [1.807, 2.05) is 32.0 Å². The number of aromatic nitrogens is 5. The zero-order chi connectivity index (χ0) is 24.2. The summed E-state index contributed by atoms with van der Waals surface area (Å²) in [4.78, 5) is 17.0. The summed E-state index contributed by atoms with van der Waals surface area (Å²) in [5, 5.41) is 10.9. The van der Waals surface area contributed by atoms with Crippen LogP contribution in [0.5, 0.6) is 11.5 Å². The molecule has 9 nitrogen and oxygen atoms in total. The van der Waals surface area contributed by atoms with E-state index in [4.69, 9.17) is 9.47 Å². The second kappa shape index (κ2) is 9.86. The molecule has 1 amide bonds. The minimum absolute atomic E-state index is 0.0676. The minimum atomic E-state index is -2.75. The number of aryl methyl sites for hydroxylation is 1. The standard InChI is InChI=1S/C23H24F2N6O3/c1-4-33-19-7-6-15(9-20(19)34-5-2)12-30-13-16(10-26-30)29-23(32)17-11-27-31-18(21(24)25)8-14(3)28-22(17)31/h6-11,13,21H,4-5,12H2,1-3H3,(H,29,32). The Labute approximate surface area is 194 Å². The number of nitrogens with one attached hydrogen (secondary N) is 1. The first kappa shape index (κ1) is 23.1. The number of fused-ring (bicyclic) bond motifs is 1. The first-order chi connectivity index (χ1) is 16.4. The average Bonchev–Trinajstić information content (AvgIpc) is 3.41. The summed E-state index contributed by atoms with van der Waals surface area (Å²) in [5.74, 6) is 0.808. The number of amides is 1. The Bertz CT molecular complexity index is 1320. The van der Waals surface area contributed by atoms with Crippen LogP contribution in [-0.4, -0.2) is 43.5 Å². The lowest BCUT2D eigenvalue weighted by atomic mass is 10.2. The normalized spacial score (nSPS) is 11.2. The van der Waals surface area contributed by atoms with Gasteiger partial charge in [0.05, 0.1) is 37.8 Å². The predicted octanol–water partition coefficient (Wildman–Crippen LogP) is 4.27. The number of carbonyl (C=O) groups excluding carboxylic acids is 1. The third-order valence-electron chi connectivity index (χ3n) is 4.94. The van der Waals surface area contributed by atoms with Crippen LogP contribution in [0.3, 0.4) is 0 Å². The van der Waals surface area contributed by atoms with Gasteiger partial charge < -0.3 is 14.8 Å². The number of carbonyl (C=O) groups is 1. The number of benzene rings is 1. The third-order valence-corrected chi connectivity index (χ3v) is 4.94. The topological polar surface area (TPSA) is 95.6 Å². The molecule has 0 aliphatic rings. The number of rotatable bonds is 9. The summed E-state index contributed by atoms with van der Waals surface area (Å²) in [6.07, 6.45) is 1.65. The molecule has 3 heterocycles. The van der Waals surface area contributed by atoms with Crippen LogP contribution < -0.4 is 14.8 Å². The quantitative estimate of drug-likeness (QED) is 0.393. The molecule has 0 fully saturated rings. The number of alkyl halides is 2. The zero-order valence-corrected chi connectivity index (χ0v) is 19.0. The van der Waals surface area contributed by atoms with Crippen LogP contribution in [-0.2, 0) is 6.54 Å². The Morgan fingerprint density at radius 3 is 2.59 bits per heavy atom. The maximum atomic E-state index is 13.3. The molecular weight excluding hydrogens is 446 g/mol. The van der Waals surface area contributed by atoms with Gasteiger partial charge in [-0.25, -0.2) is 18.3 Å². The van der Waals surface area contributed by atoms with Crippen molar-refractivity contribution in [2.24, 2.45) is 0 Å². The van der Waals surface area contributed by atoms with Gasteiger partial charge >= 0.3 is 0 Å². The van der Waals surface area contributed by atoms with Crippen molar-refractivity contribution in [3.63, 3.8) is 0 Å². The van der Waals surface area contributed by atoms with Gasteiger partial charge in [0.1, 0.15) is 11.3 Å². The fourth-order valence-electron chi connectivity index (χ4n) is 3.52. The molecule has 4 rings (SSSR count). The van der Waals surface area contributed by atoms with Crippen molar-refractivity contribution in [3.05, 3.63) is 65.4 Å².